The zero-order chi connectivity index (χ0) is 23.4. The number of ketones is 1. The number of methoxy groups -OCH3 is 1. The van der Waals surface area contributed by atoms with Gasteiger partial charge in [-0.25, -0.2) is 4.39 Å². The molecule has 2 aromatic rings. The maximum atomic E-state index is 13.6. The third-order valence-corrected chi connectivity index (χ3v) is 6.06. The van der Waals surface area contributed by atoms with Gasteiger partial charge >= 0.3 is 0 Å². The molecule has 1 amide bonds. The molecule has 33 heavy (non-hydrogen) atoms. The number of aliphatic hydroxyl groups is 1. The van der Waals surface area contributed by atoms with E-state index in [-0.39, 0.29) is 11.3 Å². The van der Waals surface area contributed by atoms with Crippen LogP contribution in [0.4, 0.5) is 4.39 Å². The molecule has 1 unspecified atom stereocenters. The number of morpholine rings is 1. The Morgan fingerprint density at radius 3 is 2.48 bits per heavy atom. The summed E-state index contributed by atoms with van der Waals surface area (Å²) >= 11 is 0. The molecule has 1 atom stereocenters. The number of hydrogen-bond acceptors (Lipinski definition) is 6. The summed E-state index contributed by atoms with van der Waals surface area (Å²) in [6.45, 7) is 4.10. The average molecular weight is 454 g/mol. The zero-order valence-corrected chi connectivity index (χ0v) is 18.5. The first kappa shape index (κ1) is 22.9. The molecule has 1 N–H and O–H groups in total. The van der Waals surface area contributed by atoms with E-state index >= 15 is 0 Å². The summed E-state index contributed by atoms with van der Waals surface area (Å²) in [4.78, 5) is 29.8. The molecule has 0 aliphatic carbocycles. The number of rotatable bonds is 7. The molecule has 0 bridgehead atoms. The van der Waals surface area contributed by atoms with Gasteiger partial charge in [0, 0.05) is 26.2 Å². The minimum absolute atomic E-state index is 0.0255. The minimum Gasteiger partial charge on any atom is -0.507 e. The Balaban J connectivity index is 1.69. The third kappa shape index (κ3) is 4.77. The van der Waals surface area contributed by atoms with Crippen molar-refractivity contribution in [2.45, 2.75) is 12.5 Å². The molecule has 0 radical (unpaired) electrons. The second-order valence-electron chi connectivity index (χ2n) is 8.05. The molecule has 2 aromatic carbocycles. The molecule has 0 saturated carbocycles. The van der Waals surface area contributed by atoms with Crippen LogP contribution < -0.4 is 4.74 Å². The van der Waals surface area contributed by atoms with Crippen molar-refractivity contribution < 1.29 is 28.6 Å². The number of nitrogens with zero attached hydrogens (tertiary/aromatic N) is 2. The lowest BCUT2D eigenvalue weighted by Crippen LogP contribution is -2.38. The van der Waals surface area contributed by atoms with E-state index in [0.29, 0.717) is 43.1 Å². The van der Waals surface area contributed by atoms with Crippen LogP contribution in [0.5, 0.6) is 5.75 Å². The fourth-order valence-electron chi connectivity index (χ4n) is 4.38. The second kappa shape index (κ2) is 10.1. The van der Waals surface area contributed by atoms with E-state index in [0.717, 1.165) is 19.6 Å². The molecule has 4 rings (SSSR count). The number of halogens is 1. The Hall–Kier alpha value is -3.23. The van der Waals surface area contributed by atoms with E-state index in [9.17, 15) is 19.1 Å². The standard InChI is InChI=1S/C25H27FN2O5/c1-32-20-6-3-2-5-19(20)23(29)21-22(17-7-9-18(26)10-8-17)28(25(31)24(21)30)12-4-11-27-13-15-33-16-14-27/h2-3,5-10,22,29H,4,11-16H2,1H3/b23-21+. The predicted molar refractivity (Wildman–Crippen MR) is 120 cm³/mol. The van der Waals surface area contributed by atoms with Crippen molar-refractivity contribution in [2.75, 3.05) is 46.5 Å². The van der Waals surface area contributed by atoms with E-state index in [4.69, 9.17) is 9.47 Å². The van der Waals surface area contributed by atoms with Gasteiger partial charge in [0.15, 0.2) is 0 Å². The first-order chi connectivity index (χ1) is 16.0. The van der Waals surface area contributed by atoms with Crippen LogP contribution in [0, 0.1) is 5.82 Å². The highest BCUT2D eigenvalue weighted by Gasteiger charge is 2.46. The number of likely N-dealkylation sites (tertiary alicyclic amines) is 1. The Bertz CT molecular complexity index is 1050. The lowest BCUT2D eigenvalue weighted by atomic mass is 9.95. The smallest absolute Gasteiger partial charge is 0.295 e. The molecule has 2 heterocycles. The number of carbonyl (C=O) groups is 2. The molecule has 174 valence electrons. The highest BCUT2D eigenvalue weighted by atomic mass is 19.1. The van der Waals surface area contributed by atoms with Gasteiger partial charge in [0.25, 0.3) is 11.7 Å². The number of para-hydroxylation sites is 1. The van der Waals surface area contributed by atoms with E-state index in [1.54, 1.807) is 24.3 Å². The van der Waals surface area contributed by atoms with Gasteiger partial charge < -0.3 is 19.5 Å². The molecule has 0 spiro atoms. The maximum absolute atomic E-state index is 13.6. The quantitative estimate of drug-likeness (QED) is 0.394. The largest absolute Gasteiger partial charge is 0.507 e. The molecule has 2 aliphatic rings. The van der Waals surface area contributed by atoms with Crippen LogP contribution in [0.25, 0.3) is 5.76 Å². The zero-order valence-electron chi connectivity index (χ0n) is 18.5. The first-order valence-corrected chi connectivity index (χ1v) is 11.0. The van der Waals surface area contributed by atoms with Gasteiger partial charge in [-0.1, -0.05) is 24.3 Å². The van der Waals surface area contributed by atoms with Crippen LogP contribution in [0.2, 0.25) is 0 Å². The van der Waals surface area contributed by atoms with Crippen LogP contribution in [0.1, 0.15) is 23.6 Å². The van der Waals surface area contributed by atoms with Crippen molar-refractivity contribution in [2.24, 2.45) is 0 Å². The number of Topliss-reactive ketones (excluding diaryl/α,β-unsaturated/α-hetero) is 1. The molecule has 0 aromatic heterocycles. The average Bonchev–Trinajstić information content (AvgIpc) is 3.10. The number of hydrogen-bond donors (Lipinski definition) is 1. The van der Waals surface area contributed by atoms with E-state index in [1.165, 1.54) is 36.3 Å². The third-order valence-electron chi connectivity index (χ3n) is 6.06. The molecular weight excluding hydrogens is 427 g/mol. The Morgan fingerprint density at radius 2 is 1.79 bits per heavy atom. The first-order valence-electron chi connectivity index (χ1n) is 11.0. The van der Waals surface area contributed by atoms with Crippen LogP contribution >= 0.6 is 0 Å². The van der Waals surface area contributed by atoms with Gasteiger partial charge in [0.05, 0.1) is 37.5 Å². The molecule has 2 saturated heterocycles. The maximum Gasteiger partial charge on any atom is 0.295 e. The van der Waals surface area contributed by atoms with Gasteiger partial charge in [0.1, 0.15) is 17.3 Å². The van der Waals surface area contributed by atoms with Crippen molar-refractivity contribution in [1.29, 1.82) is 0 Å². The summed E-state index contributed by atoms with van der Waals surface area (Å²) in [6.07, 6.45) is 0.652. The summed E-state index contributed by atoms with van der Waals surface area (Å²) in [7, 11) is 1.47. The van der Waals surface area contributed by atoms with Gasteiger partial charge in [-0.3, -0.25) is 14.5 Å². The monoisotopic (exact) mass is 454 g/mol. The highest BCUT2D eigenvalue weighted by molar-refractivity contribution is 6.46. The van der Waals surface area contributed by atoms with Crippen molar-refractivity contribution in [3.05, 3.63) is 71.0 Å². The number of carbonyl (C=O) groups excluding carboxylic acids is 2. The van der Waals surface area contributed by atoms with Crippen LogP contribution in [0.3, 0.4) is 0 Å². The van der Waals surface area contributed by atoms with Gasteiger partial charge in [0.2, 0.25) is 0 Å². The van der Waals surface area contributed by atoms with Gasteiger partial charge in [-0.05, 0) is 36.2 Å². The fraction of sp³-hybridized carbons (Fsp3) is 0.360. The Morgan fingerprint density at radius 1 is 1.09 bits per heavy atom. The van der Waals surface area contributed by atoms with Crippen molar-refractivity contribution >= 4 is 17.4 Å². The number of amides is 1. The normalized spacial score (nSPS) is 20.9. The number of aliphatic hydroxyl groups excluding tert-OH is 1. The minimum atomic E-state index is -0.819. The summed E-state index contributed by atoms with van der Waals surface area (Å²) < 4.78 is 24.3. The predicted octanol–water partition coefficient (Wildman–Crippen LogP) is 2.98. The molecular formula is C25H27FN2O5. The lowest BCUT2D eigenvalue weighted by Gasteiger charge is -2.29. The molecule has 7 nitrogen and oxygen atoms in total. The number of benzene rings is 2. The van der Waals surface area contributed by atoms with Crippen LogP contribution in [-0.2, 0) is 14.3 Å². The number of ether oxygens (including phenoxy) is 2. The van der Waals surface area contributed by atoms with Gasteiger partial charge in [-0.15, -0.1) is 0 Å². The lowest BCUT2D eigenvalue weighted by molar-refractivity contribution is -0.140. The summed E-state index contributed by atoms with van der Waals surface area (Å²) in [5, 5.41) is 11.2. The van der Waals surface area contributed by atoms with Crippen molar-refractivity contribution in [1.82, 2.24) is 9.80 Å². The topological polar surface area (TPSA) is 79.3 Å². The second-order valence-corrected chi connectivity index (χ2v) is 8.05. The molecule has 2 fully saturated rings. The van der Waals surface area contributed by atoms with E-state index < -0.39 is 23.5 Å². The summed E-state index contributed by atoms with van der Waals surface area (Å²) in [5.74, 6) is -1.79. The van der Waals surface area contributed by atoms with Gasteiger partial charge in [-0.2, -0.15) is 0 Å². The Kier molecular flexibility index (Phi) is 7.05. The summed E-state index contributed by atoms with van der Waals surface area (Å²) in [6, 6.07) is 11.6. The van der Waals surface area contributed by atoms with Crippen molar-refractivity contribution in [3.8, 4) is 5.75 Å². The molecule has 2 aliphatic heterocycles. The van der Waals surface area contributed by atoms with E-state index in [2.05, 4.69) is 4.90 Å². The highest BCUT2D eigenvalue weighted by Crippen LogP contribution is 2.40. The van der Waals surface area contributed by atoms with Crippen LogP contribution in [0.15, 0.2) is 54.1 Å². The van der Waals surface area contributed by atoms with Crippen LogP contribution in [-0.4, -0.2) is 73.1 Å². The molecule has 8 heteroatoms. The SMILES string of the molecule is COc1ccccc1/C(O)=C1\C(=O)C(=O)N(CCCN2CCOCC2)C1c1ccc(F)cc1. The fourth-order valence-corrected chi connectivity index (χ4v) is 4.38. The Labute approximate surface area is 192 Å². The summed E-state index contributed by atoms with van der Waals surface area (Å²) in [5.41, 5.74) is 0.847. The van der Waals surface area contributed by atoms with Crippen molar-refractivity contribution in [3.63, 3.8) is 0 Å². The van der Waals surface area contributed by atoms with E-state index in [1.807, 2.05) is 0 Å².